The van der Waals surface area contributed by atoms with Crippen molar-refractivity contribution in [2.75, 3.05) is 39.1 Å². The van der Waals surface area contributed by atoms with Crippen LogP contribution in [0.2, 0.25) is 0 Å². The third kappa shape index (κ3) is 5.34. The molecular formula is C23H27N3O5S. The molecule has 1 heterocycles. The Morgan fingerprint density at radius 3 is 2.16 bits per heavy atom. The number of amides is 1. The van der Waals surface area contributed by atoms with Crippen molar-refractivity contribution in [1.29, 1.82) is 0 Å². The Bertz CT molecular complexity index is 982. The summed E-state index contributed by atoms with van der Waals surface area (Å²) in [7, 11) is 6.26. The fraction of sp³-hybridized carbons (Fsp3) is 0.348. The standard InChI is InChI=1S/C23H27N3O5S/c1-15-21(12-24-25-15)32-14-22(27)26(13-16-6-8-18(28-2)9-7-16)17-10-19(29-3)23(31-5)20(11-17)30-4/h6-12,15H,13-14H2,1-5H3. The van der Waals surface area contributed by atoms with Gasteiger partial charge in [0.05, 0.1) is 52.6 Å². The molecule has 9 heteroatoms. The van der Waals surface area contributed by atoms with E-state index >= 15 is 0 Å². The maximum Gasteiger partial charge on any atom is 0.237 e. The minimum atomic E-state index is -0.0694. The van der Waals surface area contributed by atoms with Crippen LogP contribution in [0.5, 0.6) is 23.0 Å². The van der Waals surface area contributed by atoms with E-state index in [2.05, 4.69) is 10.2 Å². The normalized spacial score (nSPS) is 14.7. The molecule has 0 fully saturated rings. The van der Waals surface area contributed by atoms with E-state index < -0.39 is 0 Å². The van der Waals surface area contributed by atoms with Crippen LogP contribution in [0.4, 0.5) is 5.69 Å². The molecule has 0 saturated heterocycles. The Kier molecular flexibility index (Phi) is 7.99. The van der Waals surface area contributed by atoms with E-state index in [1.807, 2.05) is 31.2 Å². The summed E-state index contributed by atoms with van der Waals surface area (Å²) >= 11 is 1.44. The van der Waals surface area contributed by atoms with Gasteiger partial charge in [0.15, 0.2) is 11.5 Å². The zero-order valence-corrected chi connectivity index (χ0v) is 19.6. The summed E-state index contributed by atoms with van der Waals surface area (Å²) in [5.74, 6) is 2.36. The predicted molar refractivity (Wildman–Crippen MR) is 125 cm³/mol. The Morgan fingerprint density at radius 1 is 1.00 bits per heavy atom. The molecule has 0 spiro atoms. The van der Waals surface area contributed by atoms with Crippen molar-refractivity contribution in [3.63, 3.8) is 0 Å². The van der Waals surface area contributed by atoms with Gasteiger partial charge in [-0.1, -0.05) is 12.1 Å². The van der Waals surface area contributed by atoms with Gasteiger partial charge in [0.1, 0.15) is 11.8 Å². The van der Waals surface area contributed by atoms with E-state index in [9.17, 15) is 4.79 Å². The first-order valence-corrected chi connectivity index (χ1v) is 10.9. The fourth-order valence-electron chi connectivity index (χ4n) is 3.20. The molecule has 170 valence electrons. The summed E-state index contributed by atoms with van der Waals surface area (Å²) < 4.78 is 21.6. The number of anilines is 1. The SMILES string of the molecule is COc1ccc(CN(C(=O)CSC2=CN=NC2C)c2cc(OC)c(OC)c(OC)c2)cc1. The van der Waals surface area contributed by atoms with Crippen LogP contribution in [-0.2, 0) is 11.3 Å². The lowest BCUT2D eigenvalue weighted by Crippen LogP contribution is -2.32. The number of nitrogens with zero attached hydrogens (tertiary/aromatic N) is 3. The van der Waals surface area contributed by atoms with E-state index in [0.29, 0.717) is 29.5 Å². The van der Waals surface area contributed by atoms with Crippen molar-refractivity contribution in [3.8, 4) is 23.0 Å². The molecule has 0 aliphatic carbocycles. The minimum Gasteiger partial charge on any atom is -0.497 e. The molecule has 0 saturated carbocycles. The highest BCUT2D eigenvalue weighted by atomic mass is 32.2. The molecule has 1 amide bonds. The number of methoxy groups -OCH3 is 4. The summed E-state index contributed by atoms with van der Waals surface area (Å²) in [5.41, 5.74) is 1.60. The highest BCUT2D eigenvalue weighted by molar-refractivity contribution is 8.03. The first-order chi connectivity index (χ1) is 15.5. The molecule has 1 aliphatic heterocycles. The van der Waals surface area contributed by atoms with Crippen LogP contribution in [0.3, 0.4) is 0 Å². The molecular weight excluding hydrogens is 430 g/mol. The summed E-state index contributed by atoms with van der Waals surface area (Å²) in [5, 5.41) is 8.01. The van der Waals surface area contributed by atoms with Crippen LogP contribution in [0.25, 0.3) is 0 Å². The lowest BCUT2D eigenvalue weighted by atomic mass is 10.1. The maximum atomic E-state index is 13.4. The summed E-state index contributed by atoms with van der Waals surface area (Å²) in [6.45, 7) is 2.32. The van der Waals surface area contributed by atoms with Crippen molar-refractivity contribution in [3.05, 3.63) is 53.1 Å². The van der Waals surface area contributed by atoms with Gasteiger partial charge >= 0.3 is 0 Å². The van der Waals surface area contributed by atoms with E-state index in [1.165, 1.54) is 11.8 Å². The van der Waals surface area contributed by atoms with Crippen molar-refractivity contribution >= 4 is 23.4 Å². The smallest absolute Gasteiger partial charge is 0.237 e. The molecule has 8 nitrogen and oxygen atoms in total. The average molecular weight is 458 g/mol. The van der Waals surface area contributed by atoms with Gasteiger partial charge in [0.2, 0.25) is 11.7 Å². The van der Waals surface area contributed by atoms with Gasteiger partial charge in [-0.2, -0.15) is 10.2 Å². The number of carbonyl (C=O) groups excluding carboxylic acids is 1. The Balaban J connectivity index is 1.92. The van der Waals surface area contributed by atoms with Crippen LogP contribution in [0, 0.1) is 0 Å². The number of benzene rings is 2. The molecule has 0 radical (unpaired) electrons. The first kappa shape index (κ1) is 23.5. The highest BCUT2D eigenvalue weighted by Gasteiger charge is 2.23. The summed E-state index contributed by atoms with van der Waals surface area (Å²) in [4.78, 5) is 16.0. The molecule has 2 aromatic carbocycles. The van der Waals surface area contributed by atoms with Crippen molar-refractivity contribution in [2.24, 2.45) is 10.2 Å². The zero-order valence-electron chi connectivity index (χ0n) is 18.8. The third-order valence-electron chi connectivity index (χ3n) is 4.96. The Hall–Kier alpha value is -3.20. The number of ether oxygens (including phenoxy) is 4. The minimum absolute atomic E-state index is 0.0241. The third-order valence-corrected chi connectivity index (χ3v) is 6.13. The molecule has 3 rings (SSSR count). The van der Waals surface area contributed by atoms with Gasteiger partial charge in [-0.05, 0) is 24.6 Å². The molecule has 0 aromatic heterocycles. The second kappa shape index (κ2) is 10.9. The largest absolute Gasteiger partial charge is 0.497 e. The topological polar surface area (TPSA) is 82.0 Å². The highest BCUT2D eigenvalue weighted by Crippen LogP contribution is 2.41. The maximum absolute atomic E-state index is 13.4. The quantitative estimate of drug-likeness (QED) is 0.515. The van der Waals surface area contributed by atoms with E-state index in [4.69, 9.17) is 18.9 Å². The van der Waals surface area contributed by atoms with Crippen molar-refractivity contribution in [2.45, 2.75) is 19.5 Å². The first-order valence-electron chi connectivity index (χ1n) is 9.96. The number of thioether (sulfide) groups is 1. The van der Waals surface area contributed by atoms with Crippen LogP contribution in [-0.4, -0.2) is 46.1 Å². The van der Waals surface area contributed by atoms with Gasteiger partial charge in [0.25, 0.3) is 0 Å². The average Bonchev–Trinajstić information content (AvgIpc) is 3.24. The van der Waals surface area contributed by atoms with Crippen LogP contribution < -0.4 is 23.8 Å². The zero-order chi connectivity index (χ0) is 23.1. The lowest BCUT2D eigenvalue weighted by molar-refractivity contribution is -0.116. The monoisotopic (exact) mass is 457 g/mol. The lowest BCUT2D eigenvalue weighted by Gasteiger charge is -2.25. The fourth-order valence-corrected chi connectivity index (χ4v) is 4.05. The van der Waals surface area contributed by atoms with E-state index in [-0.39, 0.29) is 17.7 Å². The number of carbonyl (C=O) groups is 1. The predicted octanol–water partition coefficient (Wildman–Crippen LogP) is 4.68. The van der Waals surface area contributed by atoms with Gasteiger partial charge in [0, 0.05) is 17.0 Å². The van der Waals surface area contributed by atoms with Crippen LogP contribution in [0.15, 0.2) is 57.7 Å². The van der Waals surface area contributed by atoms with E-state index in [0.717, 1.165) is 16.2 Å². The molecule has 0 bridgehead atoms. The number of rotatable bonds is 10. The summed E-state index contributed by atoms with van der Waals surface area (Å²) in [6.07, 6.45) is 1.70. The molecule has 32 heavy (non-hydrogen) atoms. The van der Waals surface area contributed by atoms with Gasteiger partial charge in [-0.15, -0.1) is 11.8 Å². The van der Waals surface area contributed by atoms with Gasteiger partial charge in [-0.25, -0.2) is 0 Å². The van der Waals surface area contributed by atoms with E-state index in [1.54, 1.807) is 51.7 Å². The molecule has 1 unspecified atom stereocenters. The Labute approximate surface area is 192 Å². The summed E-state index contributed by atoms with van der Waals surface area (Å²) in [6, 6.07) is 11.1. The van der Waals surface area contributed by atoms with Gasteiger partial charge < -0.3 is 23.8 Å². The van der Waals surface area contributed by atoms with Crippen LogP contribution in [0.1, 0.15) is 12.5 Å². The molecule has 1 atom stereocenters. The molecule has 2 aromatic rings. The van der Waals surface area contributed by atoms with Crippen molar-refractivity contribution in [1.82, 2.24) is 0 Å². The van der Waals surface area contributed by atoms with Gasteiger partial charge in [-0.3, -0.25) is 4.79 Å². The molecule has 1 aliphatic rings. The second-order valence-corrected chi connectivity index (χ2v) is 7.99. The number of hydrogen-bond donors (Lipinski definition) is 0. The molecule has 0 N–H and O–H groups in total. The Morgan fingerprint density at radius 2 is 1.66 bits per heavy atom. The van der Waals surface area contributed by atoms with Crippen LogP contribution >= 0.6 is 11.8 Å². The number of hydrogen-bond acceptors (Lipinski definition) is 8. The van der Waals surface area contributed by atoms with Crippen molar-refractivity contribution < 1.29 is 23.7 Å². The second-order valence-electron chi connectivity index (χ2n) is 6.94. The number of azo groups is 1.